The summed E-state index contributed by atoms with van der Waals surface area (Å²) in [4.78, 5) is 27.4. The van der Waals surface area contributed by atoms with Crippen molar-refractivity contribution in [3.63, 3.8) is 0 Å². The van der Waals surface area contributed by atoms with Crippen LogP contribution in [0.25, 0.3) is 11.4 Å². The summed E-state index contributed by atoms with van der Waals surface area (Å²) < 4.78 is 9.32. The number of benzene rings is 1. The summed E-state index contributed by atoms with van der Waals surface area (Å²) in [6.45, 7) is 4.28. The lowest BCUT2D eigenvalue weighted by molar-refractivity contribution is 0.0954. The Hall–Kier alpha value is -4.35. The van der Waals surface area contributed by atoms with E-state index in [2.05, 4.69) is 22.2 Å². The van der Waals surface area contributed by atoms with Crippen LogP contribution < -0.4 is 21.3 Å². The molecule has 0 atom stereocenters. The number of carbonyl (C=O) groups is 1. The third kappa shape index (κ3) is 6.26. The number of nitrogens with zero attached hydrogens (tertiary/aromatic N) is 5. The van der Waals surface area contributed by atoms with Gasteiger partial charge in [-0.2, -0.15) is 0 Å². The SMILES string of the molecule is C=C(COc1cccn(-c2ccc(-n3cc(CNC(=O)c4ccc(Cl)s4)nn3)cc2)c1=O)N(C)/C=C\N. The molecule has 0 aliphatic carbocycles. The van der Waals surface area contributed by atoms with E-state index in [1.807, 2.05) is 12.1 Å². The molecule has 1 amide bonds. The van der Waals surface area contributed by atoms with E-state index in [9.17, 15) is 9.59 Å². The summed E-state index contributed by atoms with van der Waals surface area (Å²) in [5.41, 5.74) is 7.73. The summed E-state index contributed by atoms with van der Waals surface area (Å²) in [7, 11) is 1.79. The monoisotopic (exact) mass is 537 g/mol. The molecule has 3 aromatic heterocycles. The minimum absolute atomic E-state index is 0.134. The maximum absolute atomic E-state index is 13.0. The molecule has 3 heterocycles. The van der Waals surface area contributed by atoms with E-state index in [1.165, 1.54) is 22.1 Å². The molecule has 1 aromatic carbocycles. The number of hydrogen-bond donors (Lipinski definition) is 2. The fourth-order valence-corrected chi connectivity index (χ4v) is 4.21. The van der Waals surface area contributed by atoms with Crippen molar-refractivity contribution < 1.29 is 9.53 Å². The van der Waals surface area contributed by atoms with Gasteiger partial charge in [-0.1, -0.05) is 23.4 Å². The van der Waals surface area contributed by atoms with Crippen LogP contribution in [0.4, 0.5) is 0 Å². The first-order valence-electron chi connectivity index (χ1n) is 11.0. The molecular weight excluding hydrogens is 514 g/mol. The van der Waals surface area contributed by atoms with Gasteiger partial charge in [0.25, 0.3) is 11.5 Å². The molecule has 0 fully saturated rings. The molecule has 4 rings (SSSR count). The zero-order valence-corrected chi connectivity index (χ0v) is 21.4. The van der Waals surface area contributed by atoms with E-state index < -0.39 is 0 Å². The van der Waals surface area contributed by atoms with Crippen molar-refractivity contribution in [2.45, 2.75) is 6.54 Å². The van der Waals surface area contributed by atoms with E-state index in [0.717, 1.165) is 5.69 Å². The second-order valence-corrected chi connectivity index (χ2v) is 9.53. The van der Waals surface area contributed by atoms with Gasteiger partial charge in [0.05, 0.1) is 27.6 Å². The molecule has 10 nitrogen and oxygen atoms in total. The molecule has 3 N–H and O–H groups in total. The van der Waals surface area contributed by atoms with Gasteiger partial charge in [-0.15, -0.1) is 16.4 Å². The highest BCUT2D eigenvalue weighted by Gasteiger charge is 2.11. The van der Waals surface area contributed by atoms with Crippen molar-refractivity contribution in [2.75, 3.05) is 13.7 Å². The number of aromatic nitrogens is 4. The Labute approximate surface area is 221 Å². The van der Waals surface area contributed by atoms with Crippen LogP contribution >= 0.6 is 22.9 Å². The number of ether oxygens (including phenoxy) is 1. The van der Waals surface area contributed by atoms with Gasteiger partial charge in [0.15, 0.2) is 5.75 Å². The molecule has 0 spiro atoms. The van der Waals surface area contributed by atoms with Gasteiger partial charge in [0.1, 0.15) is 12.3 Å². The van der Waals surface area contributed by atoms with Gasteiger partial charge in [-0.3, -0.25) is 14.2 Å². The summed E-state index contributed by atoms with van der Waals surface area (Å²) in [6, 6.07) is 13.9. The van der Waals surface area contributed by atoms with Crippen LogP contribution in [0.15, 0.2) is 90.4 Å². The average Bonchev–Trinajstić information content (AvgIpc) is 3.56. The smallest absolute Gasteiger partial charge is 0.297 e. The first kappa shape index (κ1) is 25.7. The van der Waals surface area contributed by atoms with Gasteiger partial charge < -0.3 is 20.7 Å². The average molecular weight is 538 g/mol. The Morgan fingerprint density at radius 2 is 2.00 bits per heavy atom. The molecule has 190 valence electrons. The fraction of sp³-hybridized carbons (Fsp3) is 0.120. The van der Waals surface area contributed by atoms with Gasteiger partial charge in [-0.25, -0.2) is 4.68 Å². The minimum atomic E-state index is -0.300. The first-order chi connectivity index (χ1) is 17.9. The molecule has 12 heteroatoms. The molecule has 0 aliphatic rings. The Balaban J connectivity index is 1.41. The van der Waals surface area contributed by atoms with Crippen LogP contribution in [-0.2, 0) is 6.54 Å². The number of thiophene rings is 1. The summed E-state index contributed by atoms with van der Waals surface area (Å²) in [5, 5.41) is 11.0. The lowest BCUT2D eigenvalue weighted by atomic mass is 10.2. The Morgan fingerprint density at radius 1 is 1.24 bits per heavy atom. The van der Waals surface area contributed by atoms with Crippen molar-refractivity contribution in [1.29, 1.82) is 0 Å². The number of pyridine rings is 1. The number of nitrogens with one attached hydrogen (secondary N) is 1. The molecule has 37 heavy (non-hydrogen) atoms. The molecular formula is C25H24ClN7O3S. The second-order valence-electron chi connectivity index (χ2n) is 7.81. The van der Waals surface area contributed by atoms with Gasteiger partial charge in [-0.05, 0) is 48.5 Å². The summed E-state index contributed by atoms with van der Waals surface area (Å²) in [5.74, 6) is -0.0261. The van der Waals surface area contributed by atoms with Crippen LogP contribution in [0.5, 0.6) is 5.75 Å². The largest absolute Gasteiger partial charge is 0.482 e. The highest BCUT2D eigenvalue weighted by molar-refractivity contribution is 7.17. The quantitative estimate of drug-likeness (QED) is 0.318. The Morgan fingerprint density at radius 3 is 2.70 bits per heavy atom. The van der Waals surface area contributed by atoms with Crippen molar-refractivity contribution in [2.24, 2.45) is 5.73 Å². The van der Waals surface area contributed by atoms with Crippen LogP contribution in [0.1, 0.15) is 15.4 Å². The molecule has 0 saturated carbocycles. The van der Waals surface area contributed by atoms with Gasteiger partial charge in [0, 0.05) is 37.0 Å². The number of carbonyl (C=O) groups excluding carboxylic acids is 1. The highest BCUT2D eigenvalue weighted by atomic mass is 35.5. The molecule has 4 aromatic rings. The van der Waals surface area contributed by atoms with E-state index in [0.29, 0.717) is 26.3 Å². The van der Waals surface area contributed by atoms with Crippen molar-refractivity contribution in [1.82, 2.24) is 29.8 Å². The predicted molar refractivity (Wildman–Crippen MR) is 143 cm³/mol. The number of amides is 1. The van der Waals surface area contributed by atoms with Gasteiger partial charge >= 0.3 is 0 Å². The lowest BCUT2D eigenvalue weighted by Crippen LogP contribution is -2.22. The van der Waals surface area contributed by atoms with Crippen LogP contribution in [-0.4, -0.2) is 44.0 Å². The maximum Gasteiger partial charge on any atom is 0.297 e. The minimum Gasteiger partial charge on any atom is -0.482 e. The predicted octanol–water partition coefficient (Wildman–Crippen LogP) is 3.32. The third-order valence-electron chi connectivity index (χ3n) is 5.28. The first-order valence-corrected chi connectivity index (χ1v) is 12.2. The third-order valence-corrected chi connectivity index (χ3v) is 6.51. The second kappa shape index (κ2) is 11.6. The van der Waals surface area contributed by atoms with Crippen LogP contribution in [0, 0.1) is 0 Å². The Bertz CT molecular complexity index is 1490. The maximum atomic E-state index is 13.0. The number of halogens is 1. The topological polar surface area (TPSA) is 120 Å². The van der Waals surface area contributed by atoms with Crippen LogP contribution in [0.2, 0.25) is 4.34 Å². The normalized spacial score (nSPS) is 11.0. The summed E-state index contributed by atoms with van der Waals surface area (Å²) in [6.07, 6.45) is 6.43. The molecule has 0 unspecified atom stereocenters. The number of rotatable bonds is 10. The van der Waals surface area contributed by atoms with Crippen molar-refractivity contribution in [3.8, 4) is 17.1 Å². The molecule has 0 radical (unpaired) electrons. The van der Waals surface area contributed by atoms with Gasteiger partial charge in [0.2, 0.25) is 0 Å². The number of nitrogens with two attached hydrogens (primary N) is 1. The van der Waals surface area contributed by atoms with E-state index >= 15 is 0 Å². The Kier molecular flexibility index (Phi) is 8.06. The lowest BCUT2D eigenvalue weighted by Gasteiger charge is -2.17. The fourth-order valence-electron chi connectivity index (χ4n) is 3.25. The van der Waals surface area contributed by atoms with Crippen LogP contribution in [0.3, 0.4) is 0 Å². The summed E-state index contributed by atoms with van der Waals surface area (Å²) >= 11 is 7.09. The molecule has 0 saturated heterocycles. The van der Waals surface area contributed by atoms with E-state index in [1.54, 1.807) is 71.6 Å². The molecule has 0 bridgehead atoms. The number of likely N-dealkylation sites (N-methyl/N-ethyl adjacent to an activating group) is 1. The standard InChI is InChI=1S/C25H24ClN7O3S/c1-17(31(2)13-11-27)16-36-21-4-3-12-32(25(21)35)19-5-7-20(8-6-19)33-15-18(29-30-33)14-28-24(34)22-9-10-23(26)37-22/h3-13,15H,1,14,16,27H2,2H3,(H,28,34)/b13-11-. The zero-order chi connectivity index (χ0) is 26.4. The van der Waals surface area contributed by atoms with Crippen molar-refractivity contribution in [3.05, 3.63) is 111 Å². The molecule has 0 aliphatic heterocycles. The zero-order valence-electron chi connectivity index (χ0n) is 19.9. The van der Waals surface area contributed by atoms with E-state index in [4.69, 9.17) is 22.1 Å². The highest BCUT2D eigenvalue weighted by Crippen LogP contribution is 2.21. The van der Waals surface area contributed by atoms with Crippen molar-refractivity contribution >= 4 is 28.8 Å². The number of hydrogen-bond acceptors (Lipinski definition) is 8. The van der Waals surface area contributed by atoms with E-state index in [-0.39, 0.29) is 30.4 Å².